The molecule has 6 nitrogen and oxygen atoms in total. The van der Waals surface area contributed by atoms with Crippen molar-refractivity contribution in [3.63, 3.8) is 0 Å². The Morgan fingerprint density at radius 3 is 2.70 bits per heavy atom. The van der Waals surface area contributed by atoms with Gasteiger partial charge in [-0.05, 0) is 65.2 Å². The predicted octanol–water partition coefficient (Wildman–Crippen LogP) is 5.20. The normalized spacial score (nSPS) is 16.4. The van der Waals surface area contributed by atoms with Gasteiger partial charge in [-0.15, -0.1) is 0 Å². The molecule has 2 aliphatic rings. The van der Waals surface area contributed by atoms with Crippen LogP contribution in [0.15, 0.2) is 65.3 Å². The highest BCUT2D eigenvalue weighted by Crippen LogP contribution is 2.44. The van der Waals surface area contributed by atoms with Crippen LogP contribution in [-0.4, -0.2) is 35.7 Å². The Kier molecular flexibility index (Phi) is 4.70. The van der Waals surface area contributed by atoms with Crippen LogP contribution in [0.25, 0.3) is 5.69 Å². The van der Waals surface area contributed by atoms with E-state index in [9.17, 15) is 4.79 Å². The third-order valence-corrected chi connectivity index (χ3v) is 6.79. The number of aromatic nitrogens is 1. The summed E-state index contributed by atoms with van der Waals surface area (Å²) in [4.78, 5) is 14.7. The average molecular weight is 467 g/mol. The number of carbonyl (C=O) groups excluding carboxylic acids is 1. The second kappa shape index (κ2) is 7.40. The summed E-state index contributed by atoms with van der Waals surface area (Å²) in [5, 5.41) is 6.80. The van der Waals surface area contributed by atoms with E-state index in [1.807, 2.05) is 41.3 Å². The van der Waals surface area contributed by atoms with E-state index in [1.165, 1.54) is 5.69 Å². The Morgan fingerprint density at radius 1 is 1.13 bits per heavy atom. The fourth-order valence-corrected chi connectivity index (χ4v) is 4.87. The zero-order valence-corrected chi connectivity index (χ0v) is 18.3. The van der Waals surface area contributed by atoms with E-state index in [-0.39, 0.29) is 11.6 Å². The van der Waals surface area contributed by atoms with E-state index >= 15 is 0 Å². The molecule has 2 aliphatic heterocycles. The van der Waals surface area contributed by atoms with Crippen molar-refractivity contribution >= 4 is 33.3 Å². The number of ether oxygens (including phenoxy) is 1. The first-order valence-corrected chi connectivity index (χ1v) is 10.8. The molecule has 1 saturated heterocycles. The summed E-state index contributed by atoms with van der Waals surface area (Å²) in [6.45, 7) is 1.35. The molecule has 2 N–H and O–H groups in total. The van der Waals surface area contributed by atoms with E-state index in [2.05, 4.69) is 55.5 Å². The number of methoxy groups -OCH3 is 1. The van der Waals surface area contributed by atoms with Gasteiger partial charge in [0.1, 0.15) is 5.75 Å². The number of urea groups is 1. The third kappa shape index (κ3) is 3.13. The lowest BCUT2D eigenvalue weighted by molar-refractivity contribution is 0.174. The third-order valence-electron chi connectivity index (χ3n) is 6.10. The molecule has 0 bridgehead atoms. The number of piperidine rings is 1. The van der Waals surface area contributed by atoms with Gasteiger partial charge in [0.05, 0.1) is 29.7 Å². The number of halogens is 1. The van der Waals surface area contributed by atoms with Crippen molar-refractivity contribution in [1.29, 1.82) is 0 Å². The van der Waals surface area contributed by atoms with Gasteiger partial charge in [0.25, 0.3) is 0 Å². The molecule has 7 heteroatoms. The van der Waals surface area contributed by atoms with Crippen LogP contribution in [0.5, 0.6) is 5.75 Å². The first-order chi connectivity index (χ1) is 14.6. The molecule has 5 rings (SSSR count). The van der Waals surface area contributed by atoms with Crippen LogP contribution in [0.3, 0.4) is 0 Å². The topological polar surface area (TPSA) is 58.5 Å². The number of benzene rings is 2. The highest BCUT2D eigenvalue weighted by Gasteiger charge is 2.42. The zero-order chi connectivity index (χ0) is 20.7. The van der Waals surface area contributed by atoms with Gasteiger partial charge < -0.3 is 24.8 Å². The second-order valence-electron chi connectivity index (χ2n) is 7.75. The van der Waals surface area contributed by atoms with Crippen LogP contribution in [0.2, 0.25) is 0 Å². The minimum absolute atomic E-state index is 0.0648. The highest BCUT2D eigenvalue weighted by atomic mass is 79.9. The maximum Gasteiger partial charge on any atom is 0.321 e. The lowest BCUT2D eigenvalue weighted by Gasteiger charge is -2.46. The summed E-state index contributed by atoms with van der Waals surface area (Å²) in [7, 11) is 1.68. The van der Waals surface area contributed by atoms with E-state index in [4.69, 9.17) is 4.74 Å². The average Bonchev–Trinajstić information content (AvgIpc) is 3.27. The molecule has 0 aliphatic carbocycles. The van der Waals surface area contributed by atoms with Crippen LogP contribution in [-0.2, 0) is 5.54 Å². The minimum atomic E-state index is -0.201. The van der Waals surface area contributed by atoms with Gasteiger partial charge in [-0.2, -0.15) is 0 Å². The van der Waals surface area contributed by atoms with E-state index in [0.717, 1.165) is 40.1 Å². The quantitative estimate of drug-likeness (QED) is 0.545. The first kappa shape index (κ1) is 19.1. The van der Waals surface area contributed by atoms with Crippen molar-refractivity contribution in [2.24, 2.45) is 0 Å². The molecule has 3 heterocycles. The lowest BCUT2D eigenvalue weighted by Crippen LogP contribution is -2.51. The molecule has 0 radical (unpaired) electrons. The molecule has 1 aromatic heterocycles. The SMILES string of the molecule is COc1ccc2c(c1)NC1(CCN(C(=O)Nc3ccccc3Br)CC1)c1cccn1-2. The summed E-state index contributed by atoms with van der Waals surface area (Å²) < 4.78 is 8.56. The number of amides is 2. The fourth-order valence-electron chi connectivity index (χ4n) is 4.48. The molecule has 0 atom stereocenters. The molecule has 154 valence electrons. The maximum absolute atomic E-state index is 12.8. The van der Waals surface area contributed by atoms with E-state index in [1.54, 1.807) is 7.11 Å². The van der Waals surface area contributed by atoms with E-state index < -0.39 is 0 Å². The predicted molar refractivity (Wildman–Crippen MR) is 122 cm³/mol. The number of para-hydroxylation sites is 1. The Bertz CT molecular complexity index is 1100. The summed E-state index contributed by atoms with van der Waals surface area (Å²) in [6, 6.07) is 18.0. The molecule has 1 spiro atoms. The largest absolute Gasteiger partial charge is 0.497 e. The monoisotopic (exact) mass is 466 g/mol. The van der Waals surface area contributed by atoms with Gasteiger partial charge in [-0.1, -0.05) is 12.1 Å². The minimum Gasteiger partial charge on any atom is -0.497 e. The molecule has 0 saturated carbocycles. The standard InChI is InChI=1S/C23H23BrN4O2/c1-30-16-8-9-20-19(15-16)26-23(21-7-4-12-28(20)21)10-13-27(14-11-23)22(29)25-18-6-3-2-5-17(18)24/h2-9,12,15,26H,10-11,13-14H2,1H3,(H,25,29). The van der Waals surface area contributed by atoms with Crippen molar-refractivity contribution in [3.05, 3.63) is 71.0 Å². The number of hydrogen-bond acceptors (Lipinski definition) is 3. The maximum atomic E-state index is 12.8. The smallest absolute Gasteiger partial charge is 0.321 e. The molecular weight excluding hydrogens is 444 g/mol. The molecule has 30 heavy (non-hydrogen) atoms. The Labute approximate surface area is 184 Å². The molecule has 2 amide bonds. The molecule has 3 aromatic rings. The highest BCUT2D eigenvalue weighted by molar-refractivity contribution is 9.10. The second-order valence-corrected chi connectivity index (χ2v) is 8.61. The van der Waals surface area contributed by atoms with Crippen molar-refractivity contribution in [2.45, 2.75) is 18.4 Å². The Balaban J connectivity index is 1.36. The number of nitrogens with one attached hydrogen (secondary N) is 2. The van der Waals surface area contributed by atoms with Gasteiger partial charge >= 0.3 is 6.03 Å². The van der Waals surface area contributed by atoms with Gasteiger partial charge in [0, 0.05) is 35.5 Å². The van der Waals surface area contributed by atoms with Gasteiger partial charge in [0.15, 0.2) is 0 Å². The summed E-state index contributed by atoms with van der Waals surface area (Å²) in [5.41, 5.74) is 4.01. The van der Waals surface area contributed by atoms with Crippen LogP contribution in [0, 0.1) is 0 Å². The first-order valence-electron chi connectivity index (χ1n) is 10.0. The van der Waals surface area contributed by atoms with Crippen LogP contribution < -0.4 is 15.4 Å². The van der Waals surface area contributed by atoms with Crippen molar-refractivity contribution in [2.75, 3.05) is 30.8 Å². The summed E-state index contributed by atoms with van der Waals surface area (Å²) in [5.74, 6) is 0.831. The van der Waals surface area contributed by atoms with Crippen molar-refractivity contribution in [1.82, 2.24) is 9.47 Å². The van der Waals surface area contributed by atoms with Crippen LogP contribution >= 0.6 is 15.9 Å². The molecule has 0 unspecified atom stereocenters. The molecular formula is C23H23BrN4O2. The molecule has 1 fully saturated rings. The van der Waals surface area contributed by atoms with Crippen LogP contribution in [0.1, 0.15) is 18.5 Å². The number of nitrogens with zero attached hydrogens (tertiary/aromatic N) is 2. The Morgan fingerprint density at radius 2 is 1.93 bits per heavy atom. The van der Waals surface area contributed by atoms with Crippen molar-refractivity contribution in [3.8, 4) is 11.4 Å². The van der Waals surface area contributed by atoms with E-state index in [0.29, 0.717) is 13.1 Å². The Hall–Kier alpha value is -2.93. The van der Waals surface area contributed by atoms with Crippen molar-refractivity contribution < 1.29 is 9.53 Å². The van der Waals surface area contributed by atoms with Crippen LogP contribution in [0.4, 0.5) is 16.2 Å². The molecule has 2 aromatic carbocycles. The number of hydrogen-bond donors (Lipinski definition) is 2. The van der Waals surface area contributed by atoms with Gasteiger partial charge in [-0.25, -0.2) is 4.79 Å². The van der Waals surface area contributed by atoms with Gasteiger partial charge in [-0.3, -0.25) is 0 Å². The number of likely N-dealkylation sites (tertiary alicyclic amines) is 1. The lowest BCUT2D eigenvalue weighted by atomic mass is 9.82. The number of fused-ring (bicyclic) bond motifs is 4. The zero-order valence-electron chi connectivity index (χ0n) is 16.7. The number of rotatable bonds is 2. The number of carbonyl (C=O) groups is 1. The summed E-state index contributed by atoms with van der Waals surface area (Å²) in [6.07, 6.45) is 3.77. The fraction of sp³-hybridized carbons (Fsp3) is 0.261. The van der Waals surface area contributed by atoms with Gasteiger partial charge in [0.2, 0.25) is 0 Å². The number of anilines is 2. The summed E-state index contributed by atoms with van der Waals surface area (Å²) >= 11 is 3.49.